The van der Waals surface area contributed by atoms with Crippen LogP contribution in [-0.2, 0) is 9.59 Å². The maximum Gasteiger partial charge on any atom is 0.308 e. The minimum Gasteiger partial charge on any atom is -0.481 e. The molecule has 100 valence electrons. The largest absolute Gasteiger partial charge is 0.481 e. The van der Waals surface area contributed by atoms with Crippen LogP contribution >= 0.6 is 0 Å². The number of carbonyl (C=O) groups excluding carboxylic acids is 1. The van der Waals surface area contributed by atoms with Crippen LogP contribution in [0.25, 0.3) is 11.0 Å². The van der Waals surface area contributed by atoms with E-state index in [2.05, 4.69) is 0 Å². The van der Waals surface area contributed by atoms with E-state index in [0.717, 1.165) is 0 Å². The van der Waals surface area contributed by atoms with Gasteiger partial charge < -0.3 is 14.4 Å². The van der Waals surface area contributed by atoms with Gasteiger partial charge in [0.25, 0.3) is 0 Å². The Morgan fingerprint density at radius 3 is 2.85 bits per heavy atom. The van der Waals surface area contributed by atoms with Gasteiger partial charge in [0, 0.05) is 18.4 Å². The molecule has 1 aliphatic rings. The number of amides is 1. The van der Waals surface area contributed by atoms with E-state index >= 15 is 0 Å². The van der Waals surface area contributed by atoms with Gasteiger partial charge in [-0.2, -0.15) is 5.26 Å². The van der Waals surface area contributed by atoms with Crippen molar-refractivity contribution in [1.82, 2.24) is 0 Å². The minimum absolute atomic E-state index is 0.0330. The summed E-state index contributed by atoms with van der Waals surface area (Å²) in [5.41, 5.74) is 0.877. The SMILES string of the molecule is N#Cc1oc2ccccc2c1N1CC(C(=O)O)CC1=O. The number of para-hydroxylation sites is 1. The summed E-state index contributed by atoms with van der Waals surface area (Å²) in [6.45, 7) is 0.0619. The number of benzene rings is 1. The maximum absolute atomic E-state index is 12.0. The number of carboxylic acid groups (broad SMARTS) is 1. The predicted molar refractivity (Wildman–Crippen MR) is 69.0 cm³/mol. The molecule has 0 spiro atoms. The maximum atomic E-state index is 12.0. The molecule has 1 amide bonds. The lowest BCUT2D eigenvalue weighted by Crippen LogP contribution is -2.26. The van der Waals surface area contributed by atoms with Crippen LogP contribution in [0.2, 0.25) is 0 Å². The highest BCUT2D eigenvalue weighted by molar-refractivity contribution is 6.07. The van der Waals surface area contributed by atoms with Crippen molar-refractivity contribution in [2.24, 2.45) is 5.92 Å². The topological polar surface area (TPSA) is 94.5 Å². The molecule has 1 N–H and O–H groups in total. The number of carboxylic acids is 1. The van der Waals surface area contributed by atoms with Crippen molar-refractivity contribution in [3.63, 3.8) is 0 Å². The van der Waals surface area contributed by atoms with Gasteiger partial charge in [0.15, 0.2) is 0 Å². The van der Waals surface area contributed by atoms with Gasteiger partial charge in [-0.1, -0.05) is 12.1 Å². The van der Waals surface area contributed by atoms with Gasteiger partial charge in [0.1, 0.15) is 17.3 Å². The first kappa shape index (κ1) is 12.2. The van der Waals surface area contributed by atoms with E-state index in [1.807, 2.05) is 6.07 Å². The van der Waals surface area contributed by atoms with Crippen LogP contribution in [-0.4, -0.2) is 23.5 Å². The van der Waals surface area contributed by atoms with E-state index in [9.17, 15) is 9.59 Å². The molecule has 1 unspecified atom stereocenters. The average Bonchev–Trinajstić information content (AvgIpc) is 2.98. The van der Waals surface area contributed by atoms with Crippen LogP contribution in [0.1, 0.15) is 12.2 Å². The number of hydrogen-bond donors (Lipinski definition) is 1. The number of nitriles is 1. The summed E-state index contributed by atoms with van der Waals surface area (Å²) < 4.78 is 5.40. The zero-order valence-corrected chi connectivity index (χ0v) is 10.4. The normalized spacial score (nSPS) is 18.4. The fraction of sp³-hybridized carbons (Fsp3) is 0.214. The lowest BCUT2D eigenvalue weighted by Gasteiger charge is -2.14. The summed E-state index contributed by atoms with van der Waals surface area (Å²) in [5.74, 6) is -2.03. The van der Waals surface area contributed by atoms with Crippen molar-refractivity contribution in [1.29, 1.82) is 5.26 Å². The summed E-state index contributed by atoms with van der Waals surface area (Å²) in [4.78, 5) is 24.4. The monoisotopic (exact) mass is 270 g/mol. The van der Waals surface area contributed by atoms with Crippen molar-refractivity contribution < 1.29 is 19.1 Å². The zero-order valence-electron chi connectivity index (χ0n) is 10.4. The van der Waals surface area contributed by atoms with E-state index in [1.54, 1.807) is 24.3 Å². The lowest BCUT2D eigenvalue weighted by molar-refractivity contribution is -0.141. The van der Waals surface area contributed by atoms with E-state index in [0.29, 0.717) is 16.7 Å². The second-order valence-electron chi connectivity index (χ2n) is 4.63. The van der Waals surface area contributed by atoms with Crippen molar-refractivity contribution in [2.75, 3.05) is 11.4 Å². The lowest BCUT2D eigenvalue weighted by atomic mass is 10.1. The van der Waals surface area contributed by atoms with Crippen LogP contribution < -0.4 is 4.90 Å². The fourth-order valence-corrected chi connectivity index (χ4v) is 2.46. The molecule has 1 saturated heterocycles. The van der Waals surface area contributed by atoms with Crippen LogP contribution in [0.3, 0.4) is 0 Å². The molecule has 2 heterocycles. The summed E-state index contributed by atoms with van der Waals surface area (Å²) in [6.07, 6.45) is -0.0558. The quantitative estimate of drug-likeness (QED) is 0.896. The molecule has 0 bridgehead atoms. The van der Waals surface area contributed by atoms with Crippen molar-refractivity contribution in [2.45, 2.75) is 6.42 Å². The number of fused-ring (bicyclic) bond motifs is 1. The first-order chi connectivity index (χ1) is 9.61. The number of rotatable bonds is 2. The molecule has 0 radical (unpaired) electrons. The summed E-state index contributed by atoms with van der Waals surface area (Å²) >= 11 is 0. The number of aliphatic carboxylic acids is 1. The Morgan fingerprint density at radius 2 is 2.20 bits per heavy atom. The van der Waals surface area contributed by atoms with Crippen LogP contribution in [0.5, 0.6) is 0 Å². The third-order valence-electron chi connectivity index (χ3n) is 3.42. The van der Waals surface area contributed by atoms with E-state index < -0.39 is 11.9 Å². The standard InChI is InChI=1S/C14H10N2O4/c15-6-11-13(9-3-1-2-4-10(9)20-11)16-7-8(14(18)19)5-12(16)17/h1-4,8H,5,7H2,(H,18,19). The third kappa shape index (κ3) is 1.72. The Balaban J connectivity index is 2.13. The highest BCUT2D eigenvalue weighted by Crippen LogP contribution is 2.36. The first-order valence-electron chi connectivity index (χ1n) is 6.06. The second-order valence-corrected chi connectivity index (χ2v) is 4.63. The average molecular weight is 270 g/mol. The van der Waals surface area contributed by atoms with Crippen molar-refractivity contribution in [3.05, 3.63) is 30.0 Å². The highest BCUT2D eigenvalue weighted by atomic mass is 16.4. The van der Waals surface area contributed by atoms with Gasteiger partial charge in [0.2, 0.25) is 11.7 Å². The van der Waals surface area contributed by atoms with E-state index in [1.165, 1.54) is 4.90 Å². The molecule has 6 nitrogen and oxygen atoms in total. The molecular formula is C14H10N2O4. The van der Waals surface area contributed by atoms with Crippen molar-refractivity contribution >= 4 is 28.5 Å². The summed E-state index contributed by atoms with van der Waals surface area (Å²) in [5, 5.41) is 18.8. The molecule has 1 aromatic carbocycles. The van der Waals surface area contributed by atoms with E-state index in [-0.39, 0.29) is 24.6 Å². The van der Waals surface area contributed by atoms with Crippen LogP contribution in [0.4, 0.5) is 5.69 Å². The fourth-order valence-electron chi connectivity index (χ4n) is 2.46. The molecule has 1 aromatic heterocycles. The molecule has 3 rings (SSSR count). The number of nitrogens with zero attached hydrogens (tertiary/aromatic N) is 2. The van der Waals surface area contributed by atoms with Gasteiger partial charge in [-0.25, -0.2) is 0 Å². The molecule has 6 heteroatoms. The molecule has 0 saturated carbocycles. The molecular weight excluding hydrogens is 260 g/mol. The third-order valence-corrected chi connectivity index (χ3v) is 3.42. The molecule has 1 fully saturated rings. The first-order valence-corrected chi connectivity index (χ1v) is 6.06. The Hall–Kier alpha value is -2.81. The molecule has 2 aromatic rings. The Morgan fingerprint density at radius 1 is 1.45 bits per heavy atom. The minimum atomic E-state index is -1.01. The van der Waals surface area contributed by atoms with Crippen LogP contribution in [0.15, 0.2) is 28.7 Å². The predicted octanol–water partition coefficient (Wildman–Crippen LogP) is 1.74. The molecule has 0 aliphatic carbocycles. The summed E-state index contributed by atoms with van der Waals surface area (Å²) in [7, 11) is 0. The smallest absolute Gasteiger partial charge is 0.308 e. The zero-order chi connectivity index (χ0) is 14.3. The molecule has 1 atom stereocenters. The van der Waals surface area contributed by atoms with Gasteiger partial charge >= 0.3 is 5.97 Å². The number of furan rings is 1. The summed E-state index contributed by atoms with van der Waals surface area (Å²) in [6, 6.07) is 8.91. The van der Waals surface area contributed by atoms with Gasteiger partial charge in [-0.05, 0) is 12.1 Å². The molecule has 20 heavy (non-hydrogen) atoms. The Bertz CT molecular complexity index is 756. The number of hydrogen-bond acceptors (Lipinski definition) is 4. The van der Waals surface area contributed by atoms with Gasteiger partial charge in [-0.3, -0.25) is 9.59 Å². The van der Waals surface area contributed by atoms with Gasteiger partial charge in [0.05, 0.1) is 5.92 Å². The Labute approximate surface area is 113 Å². The van der Waals surface area contributed by atoms with Gasteiger partial charge in [-0.15, -0.1) is 0 Å². The number of anilines is 1. The molecule has 1 aliphatic heterocycles. The van der Waals surface area contributed by atoms with Crippen molar-refractivity contribution in [3.8, 4) is 6.07 Å². The highest BCUT2D eigenvalue weighted by Gasteiger charge is 2.37. The van der Waals surface area contributed by atoms with Crippen LogP contribution in [0, 0.1) is 17.2 Å². The number of carbonyl (C=O) groups is 2. The van der Waals surface area contributed by atoms with E-state index in [4.69, 9.17) is 14.8 Å². The second kappa shape index (κ2) is 4.38. The Kier molecular flexibility index (Phi) is 2.68.